The van der Waals surface area contributed by atoms with Crippen molar-refractivity contribution in [1.82, 2.24) is 10.2 Å². The third-order valence-electron chi connectivity index (χ3n) is 5.61. The highest BCUT2D eigenvalue weighted by Gasteiger charge is 2.11. The quantitative estimate of drug-likeness (QED) is 0.552. The summed E-state index contributed by atoms with van der Waals surface area (Å²) in [6, 6.07) is 24.5. The molecule has 1 aliphatic rings. The zero-order chi connectivity index (χ0) is 20.8. The Morgan fingerprint density at radius 3 is 1.93 bits per heavy atom. The molecule has 3 aromatic rings. The standard InChI is InChI=1S/C26H27ClN2O/c27-25-13-11-24(12-14-25)23-9-7-21(8-10-23)18-28-26(30)17-20-3-5-22(6-4-20)19-29-15-1-2-16-29/h3-14H,1-2,15-19H2,(H,28,30). The molecule has 1 fully saturated rings. The van der Waals surface area contributed by atoms with E-state index in [4.69, 9.17) is 11.6 Å². The van der Waals surface area contributed by atoms with Crippen LogP contribution in [0.2, 0.25) is 5.02 Å². The molecule has 3 aromatic carbocycles. The molecule has 1 heterocycles. The highest BCUT2D eigenvalue weighted by atomic mass is 35.5. The topological polar surface area (TPSA) is 32.3 Å². The normalized spacial score (nSPS) is 14.0. The molecule has 30 heavy (non-hydrogen) atoms. The second-order valence-electron chi connectivity index (χ2n) is 7.96. The number of carbonyl (C=O) groups excluding carboxylic acids is 1. The average molecular weight is 419 g/mol. The molecule has 1 N–H and O–H groups in total. The van der Waals surface area contributed by atoms with Crippen LogP contribution in [-0.2, 0) is 24.3 Å². The lowest BCUT2D eigenvalue weighted by molar-refractivity contribution is -0.120. The van der Waals surface area contributed by atoms with E-state index in [9.17, 15) is 4.79 Å². The van der Waals surface area contributed by atoms with Crippen LogP contribution in [0.25, 0.3) is 11.1 Å². The lowest BCUT2D eigenvalue weighted by Crippen LogP contribution is -2.24. The van der Waals surface area contributed by atoms with Crippen LogP contribution in [0, 0.1) is 0 Å². The van der Waals surface area contributed by atoms with Gasteiger partial charge < -0.3 is 5.32 Å². The minimum atomic E-state index is 0.0454. The second kappa shape index (κ2) is 9.92. The lowest BCUT2D eigenvalue weighted by atomic mass is 10.0. The summed E-state index contributed by atoms with van der Waals surface area (Å²) < 4.78 is 0. The molecule has 1 aliphatic heterocycles. The Balaban J connectivity index is 1.25. The maximum atomic E-state index is 12.3. The monoisotopic (exact) mass is 418 g/mol. The predicted molar refractivity (Wildman–Crippen MR) is 123 cm³/mol. The summed E-state index contributed by atoms with van der Waals surface area (Å²) in [5.41, 5.74) is 5.72. The van der Waals surface area contributed by atoms with Gasteiger partial charge in [-0.3, -0.25) is 9.69 Å². The largest absolute Gasteiger partial charge is 0.352 e. The fourth-order valence-electron chi connectivity index (χ4n) is 3.87. The van der Waals surface area contributed by atoms with E-state index in [1.807, 2.05) is 24.3 Å². The van der Waals surface area contributed by atoms with E-state index in [0.29, 0.717) is 13.0 Å². The Morgan fingerprint density at radius 1 is 0.767 bits per heavy atom. The van der Waals surface area contributed by atoms with E-state index in [-0.39, 0.29) is 5.91 Å². The van der Waals surface area contributed by atoms with Gasteiger partial charge in [-0.15, -0.1) is 0 Å². The molecule has 0 saturated carbocycles. The molecule has 4 heteroatoms. The molecular weight excluding hydrogens is 392 g/mol. The number of benzene rings is 3. The van der Waals surface area contributed by atoms with Gasteiger partial charge in [0.25, 0.3) is 0 Å². The van der Waals surface area contributed by atoms with Crippen LogP contribution < -0.4 is 5.32 Å². The average Bonchev–Trinajstić information content (AvgIpc) is 3.28. The van der Waals surface area contributed by atoms with Gasteiger partial charge in [-0.1, -0.05) is 72.3 Å². The minimum Gasteiger partial charge on any atom is -0.352 e. The van der Waals surface area contributed by atoms with Gasteiger partial charge >= 0.3 is 0 Å². The number of halogens is 1. The smallest absolute Gasteiger partial charge is 0.224 e. The van der Waals surface area contributed by atoms with E-state index in [1.165, 1.54) is 31.5 Å². The van der Waals surface area contributed by atoms with Gasteiger partial charge in [0.2, 0.25) is 5.91 Å². The zero-order valence-corrected chi connectivity index (χ0v) is 17.9. The number of hydrogen-bond donors (Lipinski definition) is 1. The van der Waals surface area contributed by atoms with E-state index in [2.05, 4.69) is 58.7 Å². The molecule has 154 valence electrons. The molecule has 0 bridgehead atoms. The van der Waals surface area contributed by atoms with Gasteiger partial charge in [0.1, 0.15) is 0 Å². The third-order valence-corrected chi connectivity index (χ3v) is 5.87. The van der Waals surface area contributed by atoms with Gasteiger partial charge in [-0.05, 0) is 65.9 Å². The lowest BCUT2D eigenvalue weighted by Gasteiger charge is -2.14. The Bertz CT molecular complexity index is 959. The van der Waals surface area contributed by atoms with Crippen LogP contribution in [-0.4, -0.2) is 23.9 Å². The first kappa shape index (κ1) is 20.6. The van der Waals surface area contributed by atoms with Gasteiger partial charge in [-0.2, -0.15) is 0 Å². The fraction of sp³-hybridized carbons (Fsp3) is 0.269. The van der Waals surface area contributed by atoms with Crippen LogP contribution in [0.3, 0.4) is 0 Å². The molecule has 0 aliphatic carbocycles. The number of amides is 1. The van der Waals surface area contributed by atoms with Crippen molar-refractivity contribution in [3.63, 3.8) is 0 Å². The molecule has 3 nitrogen and oxygen atoms in total. The number of nitrogens with one attached hydrogen (secondary N) is 1. The van der Waals surface area contributed by atoms with Crippen molar-refractivity contribution in [2.45, 2.75) is 32.4 Å². The van der Waals surface area contributed by atoms with E-state index >= 15 is 0 Å². The maximum absolute atomic E-state index is 12.3. The van der Waals surface area contributed by atoms with Crippen LogP contribution in [0.1, 0.15) is 29.5 Å². The summed E-state index contributed by atoms with van der Waals surface area (Å²) in [6.07, 6.45) is 3.02. The van der Waals surface area contributed by atoms with Crippen LogP contribution in [0.4, 0.5) is 0 Å². The predicted octanol–water partition coefficient (Wildman–Crippen LogP) is 5.46. The van der Waals surface area contributed by atoms with Crippen molar-refractivity contribution in [3.05, 3.63) is 94.5 Å². The summed E-state index contributed by atoms with van der Waals surface area (Å²) in [5.74, 6) is 0.0454. The highest BCUT2D eigenvalue weighted by molar-refractivity contribution is 6.30. The third kappa shape index (κ3) is 5.71. The number of carbonyl (C=O) groups is 1. The molecule has 0 radical (unpaired) electrons. The molecule has 0 unspecified atom stereocenters. The number of likely N-dealkylation sites (tertiary alicyclic amines) is 1. The van der Waals surface area contributed by atoms with Crippen LogP contribution in [0.15, 0.2) is 72.8 Å². The molecule has 0 spiro atoms. The fourth-order valence-corrected chi connectivity index (χ4v) is 3.99. The molecule has 4 rings (SSSR count). The first-order valence-corrected chi connectivity index (χ1v) is 11.0. The van der Waals surface area contributed by atoms with Crippen molar-refractivity contribution in [3.8, 4) is 11.1 Å². The van der Waals surface area contributed by atoms with Crippen LogP contribution >= 0.6 is 11.6 Å². The summed E-state index contributed by atoms with van der Waals surface area (Å²) in [6.45, 7) is 3.95. The van der Waals surface area contributed by atoms with Crippen LogP contribution in [0.5, 0.6) is 0 Å². The molecule has 1 saturated heterocycles. The number of hydrogen-bond acceptors (Lipinski definition) is 2. The summed E-state index contributed by atoms with van der Waals surface area (Å²) in [4.78, 5) is 14.8. The highest BCUT2D eigenvalue weighted by Crippen LogP contribution is 2.22. The van der Waals surface area contributed by atoms with Gasteiger partial charge in [0, 0.05) is 18.1 Å². The van der Waals surface area contributed by atoms with Crippen molar-refractivity contribution >= 4 is 17.5 Å². The Hall–Kier alpha value is -2.62. The summed E-state index contributed by atoms with van der Waals surface area (Å²) >= 11 is 5.95. The second-order valence-corrected chi connectivity index (χ2v) is 8.39. The van der Waals surface area contributed by atoms with E-state index < -0.39 is 0 Å². The first-order chi connectivity index (χ1) is 14.7. The number of nitrogens with zero attached hydrogens (tertiary/aromatic N) is 1. The summed E-state index contributed by atoms with van der Waals surface area (Å²) in [5, 5.41) is 3.76. The van der Waals surface area contributed by atoms with E-state index in [1.54, 1.807) is 0 Å². The van der Waals surface area contributed by atoms with Gasteiger partial charge in [0.15, 0.2) is 0 Å². The van der Waals surface area contributed by atoms with E-state index in [0.717, 1.165) is 33.8 Å². The Kier molecular flexibility index (Phi) is 6.83. The molecule has 0 aromatic heterocycles. The number of rotatable bonds is 7. The Morgan fingerprint density at radius 2 is 1.30 bits per heavy atom. The zero-order valence-electron chi connectivity index (χ0n) is 17.1. The minimum absolute atomic E-state index is 0.0454. The molecular formula is C26H27ClN2O. The summed E-state index contributed by atoms with van der Waals surface area (Å²) in [7, 11) is 0. The van der Waals surface area contributed by atoms with Crippen molar-refractivity contribution in [1.29, 1.82) is 0 Å². The van der Waals surface area contributed by atoms with Crippen molar-refractivity contribution in [2.24, 2.45) is 0 Å². The van der Waals surface area contributed by atoms with Gasteiger partial charge in [-0.25, -0.2) is 0 Å². The van der Waals surface area contributed by atoms with Gasteiger partial charge in [0.05, 0.1) is 6.42 Å². The van der Waals surface area contributed by atoms with Crippen molar-refractivity contribution in [2.75, 3.05) is 13.1 Å². The first-order valence-electron chi connectivity index (χ1n) is 10.6. The maximum Gasteiger partial charge on any atom is 0.224 e. The molecule has 1 amide bonds. The molecule has 0 atom stereocenters. The van der Waals surface area contributed by atoms with Crippen molar-refractivity contribution < 1.29 is 4.79 Å². The Labute approximate surface area is 183 Å². The SMILES string of the molecule is O=C(Cc1ccc(CN2CCCC2)cc1)NCc1ccc(-c2ccc(Cl)cc2)cc1.